The molecule has 9 heteroatoms. The maximum atomic E-state index is 10.4. The molecule has 140 valence electrons. The largest absolute Gasteiger partial charge is 0.744 e. The van der Waals surface area contributed by atoms with Gasteiger partial charge < -0.3 is 32.5 Å². The van der Waals surface area contributed by atoms with E-state index in [0.717, 1.165) is 11.1 Å². The van der Waals surface area contributed by atoms with Crippen LogP contribution in [0.3, 0.4) is 0 Å². The van der Waals surface area contributed by atoms with Crippen LogP contribution in [0, 0.1) is 6.92 Å². The third kappa shape index (κ3) is 9.55. The molecule has 0 heterocycles. The van der Waals surface area contributed by atoms with Crippen molar-refractivity contribution >= 4 is 16.1 Å². The first-order valence-corrected chi connectivity index (χ1v) is 8.14. The Morgan fingerprint density at radius 2 is 1.52 bits per heavy atom. The molecular formula is C16H25N3O5S. The molecule has 0 radical (unpaired) electrons. The summed E-state index contributed by atoms with van der Waals surface area (Å²) >= 11 is 0. The summed E-state index contributed by atoms with van der Waals surface area (Å²) in [4.78, 5) is 10.1. The van der Waals surface area contributed by atoms with Gasteiger partial charge in [0, 0.05) is 6.04 Å². The van der Waals surface area contributed by atoms with Crippen molar-refractivity contribution < 1.29 is 22.9 Å². The normalized spacial score (nSPS) is 11.0. The highest BCUT2D eigenvalue weighted by molar-refractivity contribution is 7.85. The van der Waals surface area contributed by atoms with E-state index in [9.17, 15) is 22.9 Å². The number of hydrogen-bond donors (Lipinski definition) is 3. The zero-order valence-corrected chi connectivity index (χ0v) is 15.3. The molecule has 0 fully saturated rings. The van der Waals surface area contributed by atoms with Crippen molar-refractivity contribution in [1.82, 2.24) is 12.3 Å². The number of hydrogen-bond acceptors (Lipinski definition) is 6. The number of quaternary nitrogens is 2. The van der Waals surface area contributed by atoms with E-state index in [1.54, 1.807) is 12.1 Å². The van der Waals surface area contributed by atoms with E-state index in [-0.39, 0.29) is 17.2 Å². The summed E-state index contributed by atoms with van der Waals surface area (Å²) in [5.41, 5.74) is 7.13. The zero-order chi connectivity index (χ0) is 17.5. The number of carboxylic acid groups (broad SMARTS) is 1. The number of aliphatic carboxylic acids is 1. The SMILES string of the molecule is Cc1ccc(S(=O)(=O)[O-])cc1.N[C@H](Cc1ccccc1)C(=O)[O-].[NH4+].[NH4+]. The van der Waals surface area contributed by atoms with E-state index < -0.39 is 22.1 Å². The molecule has 0 amide bonds. The monoisotopic (exact) mass is 371 g/mol. The van der Waals surface area contributed by atoms with E-state index in [1.165, 1.54) is 12.1 Å². The number of aryl methyl sites for hydroxylation is 1. The number of carboxylic acids is 1. The predicted molar refractivity (Wildman–Crippen MR) is 94.2 cm³/mol. The van der Waals surface area contributed by atoms with Crippen LogP contribution < -0.4 is 23.1 Å². The standard InChI is InChI=1S/C9H11NO2.C7H8O3S.2H3N/c10-8(9(11)12)6-7-4-2-1-3-5-7;1-6-2-4-7(5-3-6)11(8,9)10;;/h1-5,8H,6,10H2,(H,11,12);2-5H,1H3,(H,8,9,10);2*1H3/t8-;;;/m1.../s1. The number of nitrogens with two attached hydrogens (primary N) is 1. The lowest BCUT2D eigenvalue weighted by atomic mass is 10.1. The molecule has 8 nitrogen and oxygen atoms in total. The molecule has 0 unspecified atom stereocenters. The molecule has 0 aliphatic carbocycles. The average molecular weight is 371 g/mol. The topological polar surface area (TPSA) is 196 Å². The molecule has 0 aromatic heterocycles. The van der Waals surface area contributed by atoms with Crippen molar-refractivity contribution in [2.45, 2.75) is 24.3 Å². The summed E-state index contributed by atoms with van der Waals surface area (Å²) in [5, 5.41) is 10.3. The summed E-state index contributed by atoms with van der Waals surface area (Å²) in [5.74, 6) is -1.21. The highest BCUT2D eigenvalue weighted by Crippen LogP contribution is 2.08. The molecule has 0 bridgehead atoms. The Balaban J connectivity index is 0. The van der Waals surface area contributed by atoms with Crippen LogP contribution in [-0.4, -0.2) is 25.0 Å². The lowest BCUT2D eigenvalue weighted by Gasteiger charge is -2.11. The Kier molecular flexibility index (Phi) is 11.3. The van der Waals surface area contributed by atoms with E-state index in [2.05, 4.69) is 0 Å². The first kappa shape index (κ1) is 24.9. The highest BCUT2D eigenvalue weighted by Gasteiger charge is 2.03. The number of benzene rings is 2. The minimum atomic E-state index is -4.27. The van der Waals surface area contributed by atoms with Gasteiger partial charge in [0.1, 0.15) is 10.1 Å². The molecule has 25 heavy (non-hydrogen) atoms. The average Bonchev–Trinajstić information content (AvgIpc) is 2.48. The summed E-state index contributed by atoms with van der Waals surface area (Å²) in [6, 6.07) is 14.1. The summed E-state index contributed by atoms with van der Waals surface area (Å²) in [6.45, 7) is 1.82. The maximum absolute atomic E-state index is 10.4. The molecule has 0 spiro atoms. The fourth-order valence-corrected chi connectivity index (χ4v) is 2.13. The first-order valence-electron chi connectivity index (χ1n) is 6.73. The van der Waals surface area contributed by atoms with Crippen molar-refractivity contribution in [3.8, 4) is 0 Å². The van der Waals surface area contributed by atoms with E-state index in [4.69, 9.17) is 5.73 Å². The van der Waals surface area contributed by atoms with Crippen molar-refractivity contribution in [1.29, 1.82) is 0 Å². The Morgan fingerprint density at radius 3 is 1.92 bits per heavy atom. The van der Waals surface area contributed by atoms with Crippen LogP contribution in [0.2, 0.25) is 0 Å². The van der Waals surface area contributed by atoms with Crippen molar-refractivity contribution in [3.05, 3.63) is 65.7 Å². The van der Waals surface area contributed by atoms with Crippen LogP contribution in [0.15, 0.2) is 59.5 Å². The first-order chi connectivity index (χ1) is 10.7. The Labute approximate surface area is 147 Å². The van der Waals surface area contributed by atoms with Gasteiger partial charge in [-0.3, -0.25) is 0 Å². The van der Waals surface area contributed by atoms with Crippen molar-refractivity contribution in [3.63, 3.8) is 0 Å². The predicted octanol–water partition coefficient (Wildman–Crippen LogP) is 0.958. The van der Waals surface area contributed by atoms with Gasteiger partial charge in [-0.2, -0.15) is 0 Å². The smallest absolute Gasteiger partial charge is 0.124 e. The molecule has 0 saturated carbocycles. The Hall–Kier alpha value is -2.30. The zero-order valence-electron chi connectivity index (χ0n) is 14.5. The van der Waals surface area contributed by atoms with Gasteiger partial charge in [0.25, 0.3) is 0 Å². The molecular weight excluding hydrogens is 346 g/mol. The lowest BCUT2D eigenvalue weighted by Crippen LogP contribution is -2.43. The minimum Gasteiger partial charge on any atom is -0.744 e. The molecule has 0 aliphatic rings. The van der Waals surface area contributed by atoms with Crippen LogP contribution in [0.1, 0.15) is 11.1 Å². The summed E-state index contributed by atoms with van der Waals surface area (Å²) in [6.07, 6.45) is 0.323. The van der Waals surface area contributed by atoms with Gasteiger partial charge in [0.05, 0.1) is 10.9 Å². The molecule has 1 atom stereocenters. The van der Waals surface area contributed by atoms with Crippen LogP contribution >= 0.6 is 0 Å². The fourth-order valence-electron chi connectivity index (χ4n) is 1.66. The second kappa shape index (κ2) is 11.3. The Bertz CT molecular complexity index is 734. The highest BCUT2D eigenvalue weighted by atomic mass is 32.2. The van der Waals surface area contributed by atoms with Crippen LogP contribution in [0.5, 0.6) is 0 Å². The van der Waals surface area contributed by atoms with Gasteiger partial charge in [0.2, 0.25) is 0 Å². The van der Waals surface area contributed by atoms with Gasteiger partial charge in [0.15, 0.2) is 0 Å². The molecule has 2 aromatic rings. The summed E-state index contributed by atoms with van der Waals surface area (Å²) < 4.78 is 31.2. The number of carbonyl (C=O) groups is 1. The molecule has 2 rings (SSSR count). The maximum Gasteiger partial charge on any atom is 0.124 e. The van der Waals surface area contributed by atoms with Crippen LogP contribution in [0.25, 0.3) is 0 Å². The van der Waals surface area contributed by atoms with Crippen LogP contribution in [-0.2, 0) is 21.3 Å². The second-order valence-corrected chi connectivity index (χ2v) is 6.26. The third-order valence-electron chi connectivity index (χ3n) is 2.91. The number of carbonyl (C=O) groups excluding carboxylic acids is 1. The molecule has 0 aliphatic heterocycles. The van der Waals surface area contributed by atoms with Gasteiger partial charge in [-0.15, -0.1) is 0 Å². The number of rotatable bonds is 4. The van der Waals surface area contributed by atoms with Gasteiger partial charge in [-0.25, -0.2) is 8.42 Å². The summed E-state index contributed by atoms with van der Waals surface area (Å²) in [7, 11) is -4.27. The Morgan fingerprint density at radius 1 is 1.04 bits per heavy atom. The van der Waals surface area contributed by atoms with Crippen LogP contribution in [0.4, 0.5) is 0 Å². The van der Waals surface area contributed by atoms with Gasteiger partial charge in [-0.05, 0) is 31.0 Å². The van der Waals surface area contributed by atoms with Crippen molar-refractivity contribution in [2.75, 3.05) is 0 Å². The van der Waals surface area contributed by atoms with Crippen molar-refractivity contribution in [2.24, 2.45) is 5.73 Å². The minimum absolute atomic E-state index is 0. The second-order valence-electron chi connectivity index (χ2n) is 4.88. The molecule has 2 aromatic carbocycles. The third-order valence-corrected chi connectivity index (χ3v) is 3.76. The van der Waals surface area contributed by atoms with E-state index in [1.807, 2.05) is 37.3 Å². The van der Waals surface area contributed by atoms with Gasteiger partial charge in [-0.1, -0.05) is 48.0 Å². The van der Waals surface area contributed by atoms with E-state index >= 15 is 0 Å². The fraction of sp³-hybridized carbons (Fsp3) is 0.188. The van der Waals surface area contributed by atoms with Gasteiger partial charge >= 0.3 is 0 Å². The lowest BCUT2D eigenvalue weighted by molar-refractivity contribution is -0.307. The molecule has 0 saturated heterocycles. The molecule has 10 N–H and O–H groups in total. The van der Waals surface area contributed by atoms with E-state index in [0.29, 0.717) is 6.42 Å². The quantitative estimate of drug-likeness (QED) is 0.668.